The summed E-state index contributed by atoms with van der Waals surface area (Å²) in [6.07, 6.45) is 0. The van der Waals surface area contributed by atoms with Gasteiger partial charge in [-0.05, 0) is 43.9 Å². The molecule has 0 amide bonds. The van der Waals surface area contributed by atoms with Crippen molar-refractivity contribution in [1.29, 1.82) is 0 Å². The zero-order valence-corrected chi connectivity index (χ0v) is 13.5. The summed E-state index contributed by atoms with van der Waals surface area (Å²) in [5.74, 6) is 1.18. The molecule has 112 valence electrons. The maximum Gasteiger partial charge on any atom is 0.173 e. The van der Waals surface area contributed by atoms with Crippen LogP contribution in [0.25, 0.3) is 11.1 Å². The summed E-state index contributed by atoms with van der Waals surface area (Å²) < 4.78 is 0. The lowest BCUT2D eigenvalue weighted by Crippen LogP contribution is -2.21. The summed E-state index contributed by atoms with van der Waals surface area (Å²) in [4.78, 5) is 11.2. The van der Waals surface area contributed by atoms with E-state index in [2.05, 4.69) is 32.0 Å². The first-order valence-electron chi connectivity index (χ1n) is 7.42. The molecule has 2 aromatic carbocycles. The van der Waals surface area contributed by atoms with Crippen LogP contribution in [0.3, 0.4) is 0 Å². The van der Waals surface area contributed by atoms with Crippen molar-refractivity contribution in [1.82, 2.24) is 0 Å². The number of hydrogen-bond acceptors (Lipinski definition) is 2. The van der Waals surface area contributed by atoms with Crippen LogP contribution in [0.15, 0.2) is 48.5 Å². The Morgan fingerprint density at radius 2 is 1.52 bits per heavy atom. The van der Waals surface area contributed by atoms with Gasteiger partial charge in [0.25, 0.3) is 0 Å². The van der Waals surface area contributed by atoms with Crippen LogP contribution in [0.4, 0.5) is 0 Å². The number of hydrogen-bond donors (Lipinski definition) is 0. The van der Waals surface area contributed by atoms with E-state index in [0.717, 1.165) is 16.9 Å². The largest absolute Gasteiger partial charge is 0.336 e. The van der Waals surface area contributed by atoms with Crippen LogP contribution in [-0.4, -0.2) is 5.60 Å². The third-order valence-electron chi connectivity index (χ3n) is 3.12. The second-order valence-electron chi connectivity index (χ2n) is 6.52. The molecule has 2 rings (SSSR count). The Bertz CT molecular complexity index is 580. The van der Waals surface area contributed by atoms with Crippen LogP contribution in [0.5, 0.6) is 5.75 Å². The van der Waals surface area contributed by atoms with Gasteiger partial charge in [-0.1, -0.05) is 56.3 Å². The third-order valence-corrected chi connectivity index (χ3v) is 3.12. The summed E-state index contributed by atoms with van der Waals surface area (Å²) in [6.45, 7) is 10.3. The topological polar surface area (TPSA) is 18.5 Å². The Hall–Kier alpha value is -1.80. The standard InChI is InChI=1S/C19H24O2/c1-14(2)16-12-9-13-17(20-21-19(3,4)5)18(16)15-10-7-6-8-11-15/h6-14H,1-5H3. The monoisotopic (exact) mass is 284 g/mol. The lowest BCUT2D eigenvalue weighted by molar-refractivity contribution is -0.274. The molecule has 0 spiro atoms. The van der Waals surface area contributed by atoms with Crippen LogP contribution >= 0.6 is 0 Å². The minimum absolute atomic E-state index is 0.345. The van der Waals surface area contributed by atoms with Crippen LogP contribution in [0, 0.1) is 0 Å². The van der Waals surface area contributed by atoms with Gasteiger partial charge in [-0.2, -0.15) is 4.89 Å². The Morgan fingerprint density at radius 3 is 2.10 bits per heavy atom. The van der Waals surface area contributed by atoms with Crippen molar-refractivity contribution >= 4 is 0 Å². The highest BCUT2D eigenvalue weighted by atomic mass is 17.2. The van der Waals surface area contributed by atoms with Crippen molar-refractivity contribution < 1.29 is 9.78 Å². The number of benzene rings is 2. The molecule has 0 bridgehead atoms. The minimum Gasteiger partial charge on any atom is -0.336 e. The van der Waals surface area contributed by atoms with Crippen LogP contribution in [0.1, 0.15) is 46.1 Å². The van der Waals surface area contributed by atoms with Gasteiger partial charge in [0.15, 0.2) is 5.75 Å². The van der Waals surface area contributed by atoms with E-state index in [1.54, 1.807) is 0 Å². The van der Waals surface area contributed by atoms with E-state index in [1.165, 1.54) is 5.56 Å². The molecule has 0 unspecified atom stereocenters. The summed E-state index contributed by atoms with van der Waals surface area (Å²) in [5.41, 5.74) is 3.17. The van der Waals surface area contributed by atoms with E-state index in [-0.39, 0.29) is 5.60 Å². The highest BCUT2D eigenvalue weighted by molar-refractivity contribution is 5.74. The SMILES string of the molecule is CC(C)c1cccc(OOC(C)(C)C)c1-c1ccccc1. The van der Waals surface area contributed by atoms with Crippen molar-refractivity contribution in [3.8, 4) is 16.9 Å². The second-order valence-corrected chi connectivity index (χ2v) is 6.52. The first-order chi connectivity index (χ1) is 9.88. The molecule has 0 aliphatic carbocycles. The van der Waals surface area contributed by atoms with Gasteiger partial charge < -0.3 is 4.89 Å². The first kappa shape index (κ1) is 15.6. The van der Waals surface area contributed by atoms with Gasteiger partial charge in [0.2, 0.25) is 0 Å². The first-order valence-corrected chi connectivity index (χ1v) is 7.42. The normalized spacial score (nSPS) is 11.7. The van der Waals surface area contributed by atoms with E-state index in [9.17, 15) is 0 Å². The maximum atomic E-state index is 5.65. The number of rotatable bonds is 4. The van der Waals surface area contributed by atoms with Crippen molar-refractivity contribution in [3.05, 3.63) is 54.1 Å². The van der Waals surface area contributed by atoms with Gasteiger partial charge in [0.05, 0.1) is 0 Å². The summed E-state index contributed by atoms with van der Waals surface area (Å²) >= 11 is 0. The van der Waals surface area contributed by atoms with E-state index < -0.39 is 0 Å². The average Bonchev–Trinajstić information content (AvgIpc) is 2.44. The van der Waals surface area contributed by atoms with Crippen molar-refractivity contribution in [2.24, 2.45) is 0 Å². The van der Waals surface area contributed by atoms with Gasteiger partial charge in [-0.25, -0.2) is 0 Å². The van der Waals surface area contributed by atoms with E-state index >= 15 is 0 Å². The molecular formula is C19H24O2. The Balaban J connectivity index is 2.47. The Kier molecular flexibility index (Phi) is 4.69. The smallest absolute Gasteiger partial charge is 0.173 e. The Morgan fingerprint density at radius 1 is 0.857 bits per heavy atom. The van der Waals surface area contributed by atoms with Crippen LogP contribution < -0.4 is 4.89 Å². The van der Waals surface area contributed by atoms with Gasteiger partial charge in [-0.15, -0.1) is 0 Å². The van der Waals surface area contributed by atoms with Crippen molar-refractivity contribution in [2.75, 3.05) is 0 Å². The molecule has 2 heteroatoms. The molecule has 2 aromatic rings. The van der Waals surface area contributed by atoms with Crippen molar-refractivity contribution in [2.45, 2.75) is 46.1 Å². The van der Waals surface area contributed by atoms with Crippen LogP contribution in [-0.2, 0) is 4.89 Å². The van der Waals surface area contributed by atoms with Gasteiger partial charge in [-0.3, -0.25) is 0 Å². The summed E-state index contributed by atoms with van der Waals surface area (Å²) in [7, 11) is 0. The predicted molar refractivity (Wildman–Crippen MR) is 87.4 cm³/mol. The molecule has 0 aromatic heterocycles. The second kappa shape index (κ2) is 6.31. The zero-order valence-electron chi connectivity index (χ0n) is 13.5. The van der Waals surface area contributed by atoms with E-state index in [1.807, 2.05) is 51.1 Å². The Labute approximate surface area is 127 Å². The maximum absolute atomic E-state index is 5.65. The van der Waals surface area contributed by atoms with Crippen molar-refractivity contribution in [3.63, 3.8) is 0 Å². The molecule has 2 nitrogen and oxygen atoms in total. The predicted octanol–water partition coefficient (Wildman–Crippen LogP) is 5.59. The van der Waals surface area contributed by atoms with Gasteiger partial charge in [0, 0.05) is 5.56 Å². The molecule has 0 fully saturated rings. The summed E-state index contributed by atoms with van der Waals surface area (Å²) in [5, 5.41) is 0. The van der Waals surface area contributed by atoms with E-state index in [0.29, 0.717) is 5.92 Å². The van der Waals surface area contributed by atoms with Gasteiger partial charge >= 0.3 is 0 Å². The quantitative estimate of drug-likeness (QED) is 0.538. The molecule has 0 aliphatic rings. The zero-order chi connectivity index (χ0) is 15.5. The third kappa shape index (κ3) is 4.08. The highest BCUT2D eigenvalue weighted by Crippen LogP contribution is 2.37. The fourth-order valence-electron chi connectivity index (χ4n) is 2.18. The molecule has 0 saturated carbocycles. The van der Waals surface area contributed by atoms with Crippen LogP contribution in [0.2, 0.25) is 0 Å². The fourth-order valence-corrected chi connectivity index (χ4v) is 2.18. The lowest BCUT2D eigenvalue weighted by atomic mass is 9.92. The van der Waals surface area contributed by atoms with Gasteiger partial charge in [0.1, 0.15) is 5.60 Å². The average molecular weight is 284 g/mol. The molecule has 0 radical (unpaired) electrons. The van der Waals surface area contributed by atoms with E-state index in [4.69, 9.17) is 9.78 Å². The molecule has 21 heavy (non-hydrogen) atoms. The summed E-state index contributed by atoms with van der Waals surface area (Å²) in [6, 6.07) is 16.4. The molecular weight excluding hydrogens is 260 g/mol. The molecule has 0 saturated heterocycles. The molecule has 0 N–H and O–H groups in total. The minimum atomic E-state index is -0.345. The fraction of sp³-hybridized carbons (Fsp3) is 0.368. The lowest BCUT2D eigenvalue weighted by Gasteiger charge is -2.21. The molecule has 0 aliphatic heterocycles. The molecule has 0 atom stereocenters. The highest BCUT2D eigenvalue weighted by Gasteiger charge is 2.18. The molecule has 0 heterocycles.